The molecule has 0 fully saturated rings. The normalized spacial score (nSPS) is 20.9. The third-order valence-electron chi connectivity index (χ3n) is 4.67. The number of unbranched alkanes of at least 4 members (excludes halogenated alkanes) is 3. The maximum absolute atomic E-state index is 11.7. The topological polar surface area (TPSA) is 34.1 Å². The van der Waals surface area contributed by atoms with E-state index in [1.165, 1.54) is 0 Å². The van der Waals surface area contributed by atoms with Gasteiger partial charge in [-0.1, -0.05) is 51.4 Å². The van der Waals surface area contributed by atoms with Crippen molar-refractivity contribution in [3.63, 3.8) is 0 Å². The average Bonchev–Trinajstić information content (AvgIpc) is 2.45. The predicted molar refractivity (Wildman–Crippen MR) is 106 cm³/mol. The maximum atomic E-state index is 11.7. The molecular formula is C24H30O2. The fourth-order valence-corrected chi connectivity index (χ4v) is 3.63. The molecule has 0 aromatic heterocycles. The molecule has 2 aliphatic carbocycles. The third kappa shape index (κ3) is 7.05. The molecule has 0 atom stereocenters. The SMILES string of the molecule is CC1(C)CC(=O)C=C(C#CCCCCC#CC2=CC(=O)CC(C)(C)C2)C1. The van der Waals surface area contributed by atoms with Crippen LogP contribution in [0, 0.1) is 34.5 Å². The van der Waals surface area contributed by atoms with Crippen LogP contribution in [-0.2, 0) is 9.59 Å². The lowest BCUT2D eigenvalue weighted by Gasteiger charge is -2.26. The van der Waals surface area contributed by atoms with Gasteiger partial charge < -0.3 is 0 Å². The van der Waals surface area contributed by atoms with E-state index in [9.17, 15) is 9.59 Å². The second-order valence-electron chi connectivity index (χ2n) is 9.12. The molecule has 0 aliphatic heterocycles. The Bertz CT molecular complexity index is 686. The van der Waals surface area contributed by atoms with Crippen LogP contribution in [0.1, 0.15) is 79.1 Å². The first-order valence-electron chi connectivity index (χ1n) is 9.60. The number of hydrogen-bond donors (Lipinski definition) is 0. The van der Waals surface area contributed by atoms with Gasteiger partial charge in [0.1, 0.15) is 0 Å². The Morgan fingerprint density at radius 3 is 1.46 bits per heavy atom. The molecule has 0 saturated carbocycles. The molecule has 0 bridgehead atoms. The molecule has 0 saturated heterocycles. The number of carbonyl (C=O) groups excluding carboxylic acids is 2. The van der Waals surface area contributed by atoms with Crippen LogP contribution in [0.15, 0.2) is 23.3 Å². The van der Waals surface area contributed by atoms with Crippen molar-refractivity contribution in [1.82, 2.24) is 0 Å². The van der Waals surface area contributed by atoms with Crippen LogP contribution in [0.3, 0.4) is 0 Å². The molecule has 0 amide bonds. The van der Waals surface area contributed by atoms with Crippen molar-refractivity contribution >= 4 is 11.6 Å². The minimum Gasteiger partial charge on any atom is -0.295 e. The van der Waals surface area contributed by atoms with Gasteiger partial charge in [-0.2, -0.15) is 0 Å². The van der Waals surface area contributed by atoms with E-state index in [1.807, 2.05) is 0 Å². The molecule has 2 rings (SSSR count). The smallest absolute Gasteiger partial charge is 0.157 e. The van der Waals surface area contributed by atoms with Crippen molar-refractivity contribution in [2.75, 3.05) is 0 Å². The van der Waals surface area contributed by atoms with Crippen LogP contribution in [-0.4, -0.2) is 11.6 Å². The molecule has 0 unspecified atom stereocenters. The highest BCUT2D eigenvalue weighted by Crippen LogP contribution is 2.34. The van der Waals surface area contributed by atoms with Crippen LogP contribution >= 0.6 is 0 Å². The summed E-state index contributed by atoms with van der Waals surface area (Å²) in [6.45, 7) is 8.48. The van der Waals surface area contributed by atoms with E-state index in [1.54, 1.807) is 12.2 Å². The summed E-state index contributed by atoms with van der Waals surface area (Å²) in [7, 11) is 0. The summed E-state index contributed by atoms with van der Waals surface area (Å²) in [5.74, 6) is 13.1. The summed E-state index contributed by atoms with van der Waals surface area (Å²) in [6, 6.07) is 0. The Labute approximate surface area is 158 Å². The summed E-state index contributed by atoms with van der Waals surface area (Å²) in [6.07, 6.45) is 10.1. The molecule has 2 heteroatoms. The summed E-state index contributed by atoms with van der Waals surface area (Å²) in [5, 5.41) is 0. The molecule has 0 radical (unpaired) electrons. The van der Waals surface area contributed by atoms with E-state index in [0.29, 0.717) is 12.8 Å². The van der Waals surface area contributed by atoms with Gasteiger partial charge in [-0.25, -0.2) is 0 Å². The Hall–Kier alpha value is -2.06. The Kier molecular flexibility index (Phi) is 6.66. The summed E-state index contributed by atoms with van der Waals surface area (Å²) >= 11 is 0. The Balaban J connectivity index is 1.71. The molecule has 0 aromatic carbocycles. The van der Waals surface area contributed by atoms with E-state index in [2.05, 4.69) is 51.4 Å². The number of ketones is 2. The molecule has 2 aliphatic rings. The first-order valence-corrected chi connectivity index (χ1v) is 9.60. The molecule has 2 nitrogen and oxygen atoms in total. The van der Waals surface area contributed by atoms with Crippen LogP contribution in [0.4, 0.5) is 0 Å². The second kappa shape index (κ2) is 8.55. The molecule has 0 N–H and O–H groups in total. The third-order valence-corrected chi connectivity index (χ3v) is 4.67. The molecular weight excluding hydrogens is 320 g/mol. The Morgan fingerprint density at radius 2 is 1.12 bits per heavy atom. The Morgan fingerprint density at radius 1 is 0.731 bits per heavy atom. The predicted octanol–water partition coefficient (Wildman–Crippen LogP) is 5.18. The highest BCUT2D eigenvalue weighted by molar-refractivity contribution is 5.93. The summed E-state index contributed by atoms with van der Waals surface area (Å²) in [5.41, 5.74) is 2.02. The van der Waals surface area contributed by atoms with E-state index in [4.69, 9.17) is 0 Å². The highest BCUT2D eigenvalue weighted by Gasteiger charge is 2.27. The molecule has 0 spiro atoms. The van der Waals surface area contributed by atoms with Gasteiger partial charge >= 0.3 is 0 Å². The maximum Gasteiger partial charge on any atom is 0.157 e. The van der Waals surface area contributed by atoms with E-state index >= 15 is 0 Å². The fourth-order valence-electron chi connectivity index (χ4n) is 3.63. The van der Waals surface area contributed by atoms with Crippen LogP contribution < -0.4 is 0 Å². The van der Waals surface area contributed by atoms with Gasteiger partial charge in [0.15, 0.2) is 11.6 Å². The second-order valence-corrected chi connectivity index (χ2v) is 9.12. The largest absolute Gasteiger partial charge is 0.295 e. The monoisotopic (exact) mass is 350 g/mol. The standard InChI is InChI=1S/C24H30O2/c1-23(2)15-19(13-21(25)17-23)11-9-7-5-6-8-10-12-20-14-22(26)18-24(3,4)16-20/h13-14H,5-8,15-18H2,1-4H3. The molecule has 0 heterocycles. The van der Waals surface area contributed by atoms with Crippen molar-refractivity contribution in [2.24, 2.45) is 10.8 Å². The lowest BCUT2D eigenvalue weighted by molar-refractivity contribution is -0.117. The summed E-state index contributed by atoms with van der Waals surface area (Å²) in [4.78, 5) is 23.4. The van der Waals surface area contributed by atoms with Crippen molar-refractivity contribution in [3.8, 4) is 23.7 Å². The van der Waals surface area contributed by atoms with E-state index in [0.717, 1.165) is 49.7 Å². The lowest BCUT2D eigenvalue weighted by atomic mass is 9.77. The van der Waals surface area contributed by atoms with Gasteiger partial charge in [-0.3, -0.25) is 9.59 Å². The number of carbonyl (C=O) groups is 2. The van der Waals surface area contributed by atoms with Crippen molar-refractivity contribution in [3.05, 3.63) is 23.3 Å². The van der Waals surface area contributed by atoms with Crippen molar-refractivity contribution < 1.29 is 9.59 Å². The van der Waals surface area contributed by atoms with Gasteiger partial charge in [0.2, 0.25) is 0 Å². The highest BCUT2D eigenvalue weighted by atomic mass is 16.1. The summed E-state index contributed by atoms with van der Waals surface area (Å²) < 4.78 is 0. The minimum atomic E-state index is 0.0369. The van der Waals surface area contributed by atoms with Crippen LogP contribution in [0.5, 0.6) is 0 Å². The molecule has 0 aromatic rings. The zero-order valence-electron chi connectivity index (χ0n) is 16.6. The number of rotatable bonds is 3. The van der Waals surface area contributed by atoms with Gasteiger partial charge in [-0.15, -0.1) is 0 Å². The number of hydrogen-bond acceptors (Lipinski definition) is 2. The minimum absolute atomic E-state index is 0.0369. The van der Waals surface area contributed by atoms with E-state index < -0.39 is 0 Å². The van der Waals surface area contributed by atoms with Gasteiger partial charge in [-0.05, 0) is 48.7 Å². The molecule has 138 valence electrons. The first-order chi connectivity index (χ1) is 12.2. The quantitative estimate of drug-likeness (QED) is 0.519. The zero-order valence-corrected chi connectivity index (χ0v) is 16.6. The van der Waals surface area contributed by atoms with Gasteiger partial charge in [0, 0.05) is 36.8 Å². The van der Waals surface area contributed by atoms with E-state index in [-0.39, 0.29) is 22.4 Å². The van der Waals surface area contributed by atoms with Crippen LogP contribution in [0.25, 0.3) is 0 Å². The zero-order chi connectivity index (χ0) is 19.2. The fraction of sp³-hybridized carbons (Fsp3) is 0.583. The van der Waals surface area contributed by atoms with Crippen molar-refractivity contribution in [1.29, 1.82) is 0 Å². The van der Waals surface area contributed by atoms with Crippen molar-refractivity contribution in [2.45, 2.75) is 79.1 Å². The average molecular weight is 351 g/mol. The van der Waals surface area contributed by atoms with Gasteiger partial charge in [0.05, 0.1) is 0 Å². The van der Waals surface area contributed by atoms with Crippen LogP contribution in [0.2, 0.25) is 0 Å². The number of allylic oxidation sites excluding steroid dienone is 4. The first kappa shape index (κ1) is 20.3. The molecule has 26 heavy (non-hydrogen) atoms. The lowest BCUT2D eigenvalue weighted by Crippen LogP contribution is -2.21. The van der Waals surface area contributed by atoms with Gasteiger partial charge in [0.25, 0.3) is 0 Å².